The first kappa shape index (κ1) is 21.3. The Balaban J connectivity index is 1.73. The summed E-state index contributed by atoms with van der Waals surface area (Å²) >= 11 is 0. The number of carbonyl (C=O) groups excluding carboxylic acids is 1. The Hall–Kier alpha value is -2.42. The van der Waals surface area contributed by atoms with E-state index in [0.717, 1.165) is 34.0 Å². The minimum Gasteiger partial charge on any atom is -0.497 e. The molecule has 29 heavy (non-hydrogen) atoms. The van der Waals surface area contributed by atoms with E-state index >= 15 is 0 Å². The highest BCUT2D eigenvalue weighted by Crippen LogP contribution is 2.36. The molecule has 1 unspecified atom stereocenters. The Morgan fingerprint density at radius 2 is 1.90 bits per heavy atom. The zero-order chi connectivity index (χ0) is 21.2. The van der Waals surface area contributed by atoms with E-state index in [1.54, 1.807) is 13.2 Å². The van der Waals surface area contributed by atoms with Gasteiger partial charge in [-0.3, -0.25) is 4.79 Å². The molecule has 7 nitrogen and oxygen atoms in total. The Kier molecular flexibility index (Phi) is 5.97. The third-order valence-electron chi connectivity index (χ3n) is 5.29. The maximum absolute atomic E-state index is 12.5. The van der Waals surface area contributed by atoms with Gasteiger partial charge < -0.3 is 15.2 Å². The fourth-order valence-corrected chi connectivity index (χ4v) is 4.47. The van der Waals surface area contributed by atoms with Crippen molar-refractivity contribution in [2.24, 2.45) is 0 Å². The molecule has 0 spiro atoms. The highest BCUT2D eigenvalue weighted by atomic mass is 32.2. The van der Waals surface area contributed by atoms with Crippen LogP contribution in [0.25, 0.3) is 0 Å². The van der Waals surface area contributed by atoms with Crippen molar-refractivity contribution in [1.29, 1.82) is 0 Å². The van der Waals surface area contributed by atoms with Crippen molar-refractivity contribution in [2.75, 3.05) is 27.7 Å². The predicted octanol–water partition coefficient (Wildman–Crippen LogP) is 1.90. The van der Waals surface area contributed by atoms with Gasteiger partial charge in [0.25, 0.3) is 5.91 Å². The van der Waals surface area contributed by atoms with Crippen LogP contribution in [0.2, 0.25) is 0 Å². The molecule has 2 N–H and O–H groups in total. The first-order chi connectivity index (χ1) is 13.7. The number of aryl methyl sites for hydroxylation is 1. The van der Waals surface area contributed by atoms with E-state index < -0.39 is 15.6 Å². The number of amides is 1. The van der Waals surface area contributed by atoms with Gasteiger partial charge in [0, 0.05) is 19.7 Å². The molecule has 0 bridgehead atoms. The number of methoxy groups -OCH3 is 1. The van der Waals surface area contributed by atoms with E-state index in [1.165, 1.54) is 38.4 Å². The second-order valence-corrected chi connectivity index (χ2v) is 9.55. The largest absolute Gasteiger partial charge is 0.497 e. The number of ether oxygens (including phenoxy) is 1. The van der Waals surface area contributed by atoms with Crippen molar-refractivity contribution in [3.8, 4) is 5.75 Å². The lowest BCUT2D eigenvalue weighted by Gasteiger charge is -2.35. The van der Waals surface area contributed by atoms with Crippen molar-refractivity contribution in [3.63, 3.8) is 0 Å². The second-order valence-electron chi connectivity index (χ2n) is 7.40. The maximum atomic E-state index is 12.5. The SMILES string of the molecule is COc1ccc2c(c1)CCCC2(O)CNC(=O)c1ccc(S(=O)(=O)N(C)C)cc1. The number of aliphatic hydroxyl groups is 1. The van der Waals surface area contributed by atoms with Gasteiger partial charge in [-0.25, -0.2) is 12.7 Å². The number of fused-ring (bicyclic) bond motifs is 1. The first-order valence-electron chi connectivity index (χ1n) is 9.38. The zero-order valence-corrected chi connectivity index (χ0v) is 17.6. The van der Waals surface area contributed by atoms with Gasteiger partial charge in [-0.15, -0.1) is 0 Å². The van der Waals surface area contributed by atoms with Gasteiger partial charge in [-0.1, -0.05) is 6.07 Å². The number of hydrogen-bond acceptors (Lipinski definition) is 5. The second kappa shape index (κ2) is 8.14. The normalized spacial score (nSPS) is 18.9. The van der Waals surface area contributed by atoms with Crippen LogP contribution >= 0.6 is 0 Å². The van der Waals surface area contributed by atoms with Crippen molar-refractivity contribution in [1.82, 2.24) is 9.62 Å². The van der Waals surface area contributed by atoms with E-state index in [9.17, 15) is 18.3 Å². The predicted molar refractivity (Wildman–Crippen MR) is 109 cm³/mol. The first-order valence-corrected chi connectivity index (χ1v) is 10.8. The summed E-state index contributed by atoms with van der Waals surface area (Å²) in [4.78, 5) is 12.7. The fraction of sp³-hybridized carbons (Fsp3) is 0.381. The van der Waals surface area contributed by atoms with Crippen LogP contribution in [-0.4, -0.2) is 51.5 Å². The average molecular weight is 419 g/mol. The van der Waals surface area contributed by atoms with E-state index in [4.69, 9.17) is 4.74 Å². The highest BCUT2D eigenvalue weighted by Gasteiger charge is 2.35. The number of carbonyl (C=O) groups is 1. The van der Waals surface area contributed by atoms with Gasteiger partial charge in [-0.05, 0) is 66.8 Å². The minimum atomic E-state index is -3.55. The molecule has 2 aromatic rings. The average Bonchev–Trinajstić information content (AvgIpc) is 2.72. The van der Waals surface area contributed by atoms with E-state index in [1.807, 2.05) is 12.1 Å². The van der Waals surface area contributed by atoms with Gasteiger partial charge in [0.05, 0.1) is 18.6 Å². The van der Waals surface area contributed by atoms with Crippen molar-refractivity contribution in [3.05, 3.63) is 59.2 Å². The Morgan fingerprint density at radius 1 is 1.21 bits per heavy atom. The fourth-order valence-electron chi connectivity index (χ4n) is 3.57. The molecule has 0 saturated heterocycles. The van der Waals surface area contributed by atoms with Gasteiger partial charge in [0.15, 0.2) is 0 Å². The van der Waals surface area contributed by atoms with Crippen molar-refractivity contribution < 1.29 is 23.1 Å². The Bertz CT molecular complexity index is 1000. The van der Waals surface area contributed by atoms with E-state index in [-0.39, 0.29) is 17.3 Å². The summed E-state index contributed by atoms with van der Waals surface area (Å²) in [7, 11) is 0.962. The topological polar surface area (TPSA) is 95.9 Å². The smallest absolute Gasteiger partial charge is 0.251 e. The molecule has 0 aromatic heterocycles. The van der Waals surface area contributed by atoms with Crippen LogP contribution in [0.1, 0.15) is 34.3 Å². The summed E-state index contributed by atoms with van der Waals surface area (Å²) < 4.78 is 30.6. The van der Waals surface area contributed by atoms with Gasteiger partial charge >= 0.3 is 0 Å². The third-order valence-corrected chi connectivity index (χ3v) is 7.12. The summed E-state index contributed by atoms with van der Waals surface area (Å²) in [6.45, 7) is 0.0723. The minimum absolute atomic E-state index is 0.0723. The summed E-state index contributed by atoms with van der Waals surface area (Å²) in [6.07, 6.45) is 2.21. The number of sulfonamides is 1. The number of nitrogens with zero attached hydrogens (tertiary/aromatic N) is 1. The van der Waals surface area contributed by atoms with Crippen LogP contribution in [0.4, 0.5) is 0 Å². The van der Waals surface area contributed by atoms with Crippen molar-refractivity contribution in [2.45, 2.75) is 29.8 Å². The molecule has 2 aromatic carbocycles. The maximum Gasteiger partial charge on any atom is 0.251 e. The molecule has 3 rings (SSSR count). The van der Waals surface area contributed by atoms with Gasteiger partial charge in [0.2, 0.25) is 10.0 Å². The molecule has 8 heteroatoms. The van der Waals surface area contributed by atoms with Crippen LogP contribution in [0.3, 0.4) is 0 Å². The lowest BCUT2D eigenvalue weighted by atomic mass is 9.79. The molecule has 0 fully saturated rings. The summed E-state index contributed by atoms with van der Waals surface area (Å²) in [6, 6.07) is 11.3. The molecular formula is C21H26N2O5S. The van der Waals surface area contributed by atoms with Gasteiger partial charge in [-0.2, -0.15) is 0 Å². The van der Waals surface area contributed by atoms with Crippen LogP contribution in [-0.2, 0) is 22.0 Å². The summed E-state index contributed by atoms with van der Waals surface area (Å²) in [5.74, 6) is 0.373. The number of benzene rings is 2. The number of nitrogens with one attached hydrogen (secondary N) is 1. The molecule has 0 aliphatic heterocycles. The number of hydrogen-bond donors (Lipinski definition) is 2. The molecule has 1 atom stereocenters. The molecule has 156 valence electrons. The monoisotopic (exact) mass is 418 g/mol. The molecule has 1 aliphatic rings. The molecule has 0 heterocycles. The highest BCUT2D eigenvalue weighted by molar-refractivity contribution is 7.89. The third kappa shape index (κ3) is 4.29. The van der Waals surface area contributed by atoms with Crippen LogP contribution in [0, 0.1) is 0 Å². The van der Waals surface area contributed by atoms with Crippen molar-refractivity contribution >= 4 is 15.9 Å². The lowest BCUT2D eigenvalue weighted by molar-refractivity contribution is 0.0189. The van der Waals surface area contributed by atoms with Crippen LogP contribution < -0.4 is 10.1 Å². The van der Waals surface area contributed by atoms with E-state index in [2.05, 4.69) is 5.32 Å². The molecule has 0 saturated carbocycles. The summed E-state index contributed by atoms with van der Waals surface area (Å²) in [5.41, 5.74) is 1.00. The van der Waals surface area contributed by atoms with E-state index in [0.29, 0.717) is 12.0 Å². The Morgan fingerprint density at radius 3 is 2.52 bits per heavy atom. The molecule has 1 aliphatic carbocycles. The number of rotatable bonds is 6. The lowest BCUT2D eigenvalue weighted by Crippen LogP contribution is -2.43. The summed E-state index contributed by atoms with van der Waals surface area (Å²) in [5, 5.41) is 13.9. The van der Waals surface area contributed by atoms with Gasteiger partial charge in [0.1, 0.15) is 11.4 Å². The standard InChI is InChI=1S/C21H26N2O5S/c1-23(2)29(26,27)18-9-6-15(7-10-18)20(24)22-14-21(25)12-4-5-16-13-17(28-3)8-11-19(16)21/h6-11,13,25H,4-5,12,14H2,1-3H3,(H,22,24). The molecular weight excluding hydrogens is 392 g/mol. The molecule has 0 radical (unpaired) electrons. The Labute approximate surface area is 171 Å². The van der Waals surface area contributed by atoms with Crippen LogP contribution in [0.15, 0.2) is 47.4 Å². The zero-order valence-electron chi connectivity index (χ0n) is 16.8. The molecule has 1 amide bonds. The van der Waals surface area contributed by atoms with Crippen LogP contribution in [0.5, 0.6) is 5.75 Å². The quantitative estimate of drug-likeness (QED) is 0.747.